The molecule has 3 aliphatic carbocycles. The Hall–Kier alpha value is -1.00. The SMILES string of the molecule is C1=CC2C3C=CC(C3)C2C1.C=C=C. The number of hydrogen-bond acceptors (Lipinski definition) is 0. The molecule has 4 atom stereocenters. The monoisotopic (exact) mass is 172 g/mol. The summed E-state index contributed by atoms with van der Waals surface area (Å²) in [5.41, 5.74) is 2.25. The van der Waals surface area contributed by atoms with Crippen molar-refractivity contribution in [2.75, 3.05) is 0 Å². The lowest BCUT2D eigenvalue weighted by atomic mass is 9.86. The fourth-order valence-electron chi connectivity index (χ4n) is 2.97. The largest absolute Gasteiger partial charge is 0.137 e. The van der Waals surface area contributed by atoms with Gasteiger partial charge in [0.05, 0.1) is 0 Å². The summed E-state index contributed by atoms with van der Waals surface area (Å²) in [6.45, 7) is 6.25. The highest BCUT2D eigenvalue weighted by molar-refractivity contribution is 5.21. The van der Waals surface area contributed by atoms with Gasteiger partial charge >= 0.3 is 0 Å². The van der Waals surface area contributed by atoms with Crippen LogP contribution >= 0.6 is 0 Å². The van der Waals surface area contributed by atoms with Gasteiger partial charge in [-0.05, 0) is 36.5 Å². The molecule has 3 aliphatic rings. The van der Waals surface area contributed by atoms with Crippen LogP contribution in [0.15, 0.2) is 43.2 Å². The highest BCUT2D eigenvalue weighted by atomic mass is 14.5. The molecule has 0 radical (unpaired) electrons. The molecule has 13 heavy (non-hydrogen) atoms. The summed E-state index contributed by atoms with van der Waals surface area (Å²) >= 11 is 0. The van der Waals surface area contributed by atoms with Gasteiger partial charge in [0.1, 0.15) is 0 Å². The molecule has 0 aromatic carbocycles. The zero-order valence-corrected chi connectivity index (χ0v) is 7.95. The van der Waals surface area contributed by atoms with E-state index in [0.717, 1.165) is 23.7 Å². The Labute approximate surface area is 80.3 Å². The second-order valence-corrected chi connectivity index (χ2v) is 4.10. The van der Waals surface area contributed by atoms with Crippen LogP contribution < -0.4 is 0 Å². The van der Waals surface area contributed by atoms with Gasteiger partial charge in [-0.25, -0.2) is 0 Å². The Morgan fingerprint density at radius 3 is 2.46 bits per heavy atom. The van der Waals surface area contributed by atoms with Gasteiger partial charge in [-0.1, -0.05) is 37.5 Å². The van der Waals surface area contributed by atoms with Crippen LogP contribution in [0.25, 0.3) is 0 Å². The first kappa shape index (κ1) is 8.59. The summed E-state index contributed by atoms with van der Waals surface area (Å²) in [7, 11) is 0. The maximum absolute atomic E-state index is 3.12. The lowest BCUT2D eigenvalue weighted by Crippen LogP contribution is -2.12. The average Bonchev–Trinajstić information content (AvgIpc) is 2.79. The van der Waals surface area contributed by atoms with Crippen molar-refractivity contribution in [3.8, 4) is 0 Å². The second kappa shape index (κ2) is 3.40. The van der Waals surface area contributed by atoms with E-state index in [1.54, 1.807) is 0 Å². The highest BCUT2D eigenvalue weighted by Gasteiger charge is 2.44. The Kier molecular flexibility index (Phi) is 2.24. The Morgan fingerprint density at radius 1 is 1.08 bits per heavy atom. The van der Waals surface area contributed by atoms with E-state index in [4.69, 9.17) is 0 Å². The number of fused-ring (bicyclic) bond motifs is 5. The zero-order valence-electron chi connectivity index (χ0n) is 7.95. The molecular formula is C13H16. The fraction of sp³-hybridized carbons (Fsp3) is 0.462. The second-order valence-electron chi connectivity index (χ2n) is 4.10. The Balaban J connectivity index is 0.000000196. The number of allylic oxidation sites excluding steroid dienone is 4. The minimum absolute atomic E-state index is 0.925. The van der Waals surface area contributed by atoms with E-state index in [1.807, 2.05) is 0 Å². The van der Waals surface area contributed by atoms with Crippen LogP contribution in [0.1, 0.15) is 12.8 Å². The van der Waals surface area contributed by atoms with Crippen LogP contribution in [0.3, 0.4) is 0 Å². The molecule has 0 N–H and O–H groups in total. The van der Waals surface area contributed by atoms with E-state index >= 15 is 0 Å². The molecule has 4 unspecified atom stereocenters. The van der Waals surface area contributed by atoms with E-state index in [2.05, 4.69) is 43.2 Å². The van der Waals surface area contributed by atoms with E-state index in [1.165, 1.54) is 12.8 Å². The standard InChI is InChI=1S/C10H12.C3H4/c1-2-9-7-4-5-8(6-7)10(9)3-1;1-3-2/h1-2,4-5,7-10H,3,6H2;1-2H2. The zero-order chi connectivity index (χ0) is 9.26. The van der Waals surface area contributed by atoms with Crippen molar-refractivity contribution in [1.29, 1.82) is 0 Å². The lowest BCUT2D eigenvalue weighted by Gasteiger charge is -2.18. The highest BCUT2D eigenvalue weighted by Crippen LogP contribution is 2.52. The molecular weight excluding hydrogens is 156 g/mol. The molecule has 0 heteroatoms. The van der Waals surface area contributed by atoms with Crippen LogP contribution in [0.5, 0.6) is 0 Å². The summed E-state index contributed by atoms with van der Waals surface area (Å²) in [5.74, 6) is 3.82. The molecule has 0 amide bonds. The molecule has 2 bridgehead atoms. The average molecular weight is 172 g/mol. The Morgan fingerprint density at radius 2 is 1.77 bits per heavy atom. The first-order valence-electron chi connectivity index (χ1n) is 5.01. The van der Waals surface area contributed by atoms with Crippen molar-refractivity contribution < 1.29 is 0 Å². The summed E-state index contributed by atoms with van der Waals surface area (Å²) < 4.78 is 0. The van der Waals surface area contributed by atoms with Gasteiger partial charge in [0.2, 0.25) is 0 Å². The van der Waals surface area contributed by atoms with Crippen molar-refractivity contribution in [2.24, 2.45) is 23.7 Å². The molecule has 3 rings (SSSR count). The summed E-state index contributed by atoms with van der Waals surface area (Å²) in [6, 6.07) is 0. The normalized spacial score (nSPS) is 42.5. The van der Waals surface area contributed by atoms with Crippen molar-refractivity contribution >= 4 is 0 Å². The van der Waals surface area contributed by atoms with Gasteiger partial charge in [-0.3, -0.25) is 0 Å². The molecule has 0 aromatic heterocycles. The topological polar surface area (TPSA) is 0 Å². The van der Waals surface area contributed by atoms with Gasteiger partial charge in [-0.15, -0.1) is 5.73 Å². The van der Waals surface area contributed by atoms with Gasteiger partial charge in [0.25, 0.3) is 0 Å². The minimum atomic E-state index is 0.925. The molecule has 1 fully saturated rings. The first-order valence-corrected chi connectivity index (χ1v) is 5.01. The van der Waals surface area contributed by atoms with E-state index < -0.39 is 0 Å². The summed E-state index contributed by atoms with van der Waals surface area (Å²) in [4.78, 5) is 0. The quantitative estimate of drug-likeness (QED) is 0.388. The maximum atomic E-state index is 3.12. The predicted octanol–water partition coefficient (Wildman–Crippen LogP) is 3.34. The third-order valence-electron chi connectivity index (χ3n) is 3.46. The number of hydrogen-bond donors (Lipinski definition) is 0. The van der Waals surface area contributed by atoms with Gasteiger partial charge in [0, 0.05) is 0 Å². The minimum Gasteiger partial charge on any atom is -0.137 e. The summed E-state index contributed by atoms with van der Waals surface area (Å²) in [5, 5.41) is 0. The number of rotatable bonds is 0. The van der Waals surface area contributed by atoms with Gasteiger partial charge < -0.3 is 0 Å². The van der Waals surface area contributed by atoms with Crippen LogP contribution in [-0.2, 0) is 0 Å². The molecule has 0 aliphatic heterocycles. The molecule has 0 saturated heterocycles. The lowest BCUT2D eigenvalue weighted by molar-refractivity contribution is 0.398. The molecule has 1 saturated carbocycles. The van der Waals surface area contributed by atoms with E-state index in [9.17, 15) is 0 Å². The van der Waals surface area contributed by atoms with Crippen molar-refractivity contribution in [3.05, 3.63) is 43.2 Å². The van der Waals surface area contributed by atoms with Crippen LogP contribution in [0.4, 0.5) is 0 Å². The third kappa shape index (κ3) is 1.32. The van der Waals surface area contributed by atoms with Crippen molar-refractivity contribution in [2.45, 2.75) is 12.8 Å². The first-order chi connectivity index (χ1) is 6.36. The van der Waals surface area contributed by atoms with Crippen molar-refractivity contribution in [3.63, 3.8) is 0 Å². The van der Waals surface area contributed by atoms with Crippen molar-refractivity contribution in [1.82, 2.24) is 0 Å². The van der Waals surface area contributed by atoms with Crippen LogP contribution in [0, 0.1) is 23.7 Å². The smallest absolute Gasteiger partial charge is 0.0133 e. The van der Waals surface area contributed by atoms with Gasteiger partial charge in [0.15, 0.2) is 0 Å². The summed E-state index contributed by atoms with van der Waals surface area (Å²) in [6.07, 6.45) is 12.5. The molecule has 0 spiro atoms. The van der Waals surface area contributed by atoms with E-state index in [-0.39, 0.29) is 0 Å². The molecule has 0 heterocycles. The predicted molar refractivity (Wildman–Crippen MR) is 56.2 cm³/mol. The molecule has 0 aromatic rings. The van der Waals surface area contributed by atoms with E-state index in [0.29, 0.717) is 0 Å². The maximum Gasteiger partial charge on any atom is -0.0133 e. The van der Waals surface area contributed by atoms with Crippen LogP contribution in [0.2, 0.25) is 0 Å². The van der Waals surface area contributed by atoms with Gasteiger partial charge in [-0.2, -0.15) is 0 Å². The molecule has 0 nitrogen and oxygen atoms in total. The third-order valence-corrected chi connectivity index (χ3v) is 3.46. The molecule has 68 valence electrons. The van der Waals surface area contributed by atoms with Crippen LogP contribution in [-0.4, -0.2) is 0 Å². The fourth-order valence-corrected chi connectivity index (χ4v) is 2.97. The Bertz CT molecular complexity index is 276.